The van der Waals surface area contributed by atoms with Gasteiger partial charge >= 0.3 is 0 Å². The number of aromatic nitrogens is 8. The second-order valence-electron chi connectivity index (χ2n) is 23.8. The lowest BCUT2D eigenvalue weighted by molar-refractivity contribution is 1.35. The molecule has 0 fully saturated rings. The Balaban J connectivity index is 0.0000000972. The Labute approximate surface area is 555 Å². The summed E-state index contributed by atoms with van der Waals surface area (Å²) in [5.74, 6) is 0. The highest BCUT2D eigenvalue weighted by Crippen LogP contribution is 2.39. The van der Waals surface area contributed by atoms with E-state index in [4.69, 9.17) is 6.85 Å². The van der Waals surface area contributed by atoms with Crippen LogP contribution >= 0.6 is 0 Å². The molecule has 20 rings (SSSR count). The summed E-state index contributed by atoms with van der Waals surface area (Å²) in [6.07, 6.45) is 24.1. The molecule has 0 spiro atoms. The molecule has 0 N–H and O–H groups in total. The predicted molar refractivity (Wildman–Crippen MR) is 401 cm³/mol. The number of fused-ring (bicyclic) bond motifs is 30. The number of aryl methyl sites for hydroxylation is 5. The summed E-state index contributed by atoms with van der Waals surface area (Å²) < 4.78 is 37.8. The van der Waals surface area contributed by atoms with Gasteiger partial charge in [-0.05, 0) is 175 Å². The molecule has 8 nitrogen and oxygen atoms in total. The lowest BCUT2D eigenvalue weighted by Gasteiger charge is -2.10. The molecule has 95 heavy (non-hydrogen) atoms. The Morgan fingerprint density at radius 3 is 0.768 bits per heavy atom. The van der Waals surface area contributed by atoms with Crippen molar-refractivity contribution in [2.75, 3.05) is 0 Å². The van der Waals surface area contributed by atoms with Gasteiger partial charge in [0.25, 0.3) is 0 Å². The van der Waals surface area contributed by atoms with Gasteiger partial charge < -0.3 is 0 Å². The van der Waals surface area contributed by atoms with Crippen LogP contribution in [-0.4, -0.2) is 39.9 Å². The Hall–Kier alpha value is -12.3. The van der Waals surface area contributed by atoms with Gasteiger partial charge in [0.1, 0.15) is 0 Å². The highest BCUT2D eigenvalue weighted by Gasteiger charge is 2.14. The maximum atomic E-state index is 7.57. The van der Waals surface area contributed by atoms with E-state index in [0.29, 0.717) is 34.5 Å². The molecule has 12 aromatic carbocycles. The Morgan fingerprint density at radius 1 is 0.179 bits per heavy atom. The van der Waals surface area contributed by atoms with E-state index in [-0.39, 0.29) is 0 Å². The van der Waals surface area contributed by atoms with Crippen molar-refractivity contribution >= 4 is 162 Å². The van der Waals surface area contributed by atoms with Crippen LogP contribution in [0, 0.1) is 34.5 Å². The van der Waals surface area contributed by atoms with E-state index in [0.717, 1.165) is 109 Å². The fourth-order valence-electron chi connectivity index (χ4n) is 13.8. The molecule has 0 aliphatic carbocycles. The molecular formula is C87H62N8. The summed E-state index contributed by atoms with van der Waals surface area (Å²) in [7, 11) is 0. The van der Waals surface area contributed by atoms with E-state index in [1.807, 2.05) is 147 Å². The van der Waals surface area contributed by atoms with Crippen molar-refractivity contribution in [3.63, 3.8) is 0 Å². The second-order valence-corrected chi connectivity index (χ2v) is 23.8. The quantitative estimate of drug-likeness (QED) is 0.138. The highest BCUT2D eigenvalue weighted by molar-refractivity contribution is 6.29. The Bertz CT molecular complexity index is 5470. The van der Waals surface area contributed by atoms with Crippen LogP contribution in [0.4, 0.5) is 0 Å². The van der Waals surface area contributed by atoms with Gasteiger partial charge in [0, 0.05) is 141 Å². The lowest BCUT2D eigenvalue weighted by Crippen LogP contribution is -1.87. The van der Waals surface area contributed by atoms with E-state index in [1.54, 1.807) is 6.20 Å². The topological polar surface area (TPSA) is 103 Å². The van der Waals surface area contributed by atoms with Gasteiger partial charge in [0.15, 0.2) is 0 Å². The molecule has 0 aliphatic heterocycles. The van der Waals surface area contributed by atoms with Gasteiger partial charge in [0.2, 0.25) is 0 Å². The number of hydrogen-bond donors (Lipinski definition) is 0. The van der Waals surface area contributed by atoms with E-state index < -0.39 is 0 Å². The van der Waals surface area contributed by atoms with Crippen molar-refractivity contribution in [1.82, 2.24) is 39.9 Å². The molecule has 0 amide bonds. The van der Waals surface area contributed by atoms with Gasteiger partial charge in [-0.1, -0.05) is 186 Å². The van der Waals surface area contributed by atoms with Crippen molar-refractivity contribution < 1.29 is 6.85 Å². The van der Waals surface area contributed by atoms with Crippen LogP contribution in [-0.2, 0) is 0 Å². The molecule has 8 heteroatoms. The molecule has 8 aromatic heterocycles. The maximum Gasteiger partial charge on any atom is 0.0802 e. The third kappa shape index (κ3) is 10.5. The second kappa shape index (κ2) is 24.4. The van der Waals surface area contributed by atoms with Crippen LogP contribution in [0.1, 0.15) is 34.7 Å². The van der Waals surface area contributed by atoms with Gasteiger partial charge in [-0.3, -0.25) is 39.9 Å². The normalized spacial score (nSPS) is 12.1. The Morgan fingerprint density at radius 2 is 0.389 bits per heavy atom. The van der Waals surface area contributed by atoms with Crippen molar-refractivity contribution in [1.29, 1.82) is 0 Å². The third-order valence-electron chi connectivity index (χ3n) is 18.0. The summed E-state index contributed by atoms with van der Waals surface area (Å²) >= 11 is 0. The summed E-state index contributed by atoms with van der Waals surface area (Å²) in [4.78, 5) is 34.9. The standard InChI is InChI=1S/2C18H13N.3C17H12N2/c1-12-8-9-14-13-5-2-3-6-15(13)18-16(17(14)11-12)7-4-10-19-18;1-12-6-7-15-13-4-2-3-5-14(13)16-8-9-19-11-18(16)17(15)10-12;1-11-2-3-12-13-4-6-18-9-16(13)17-10-19-7-5-14(17)15(12)8-11;1-11-4-5-12-13-6-8-18-10-16(13)17-14(15(12)9-11)3-2-7-19-17;1-11-4-5-12-13-3-2-7-19-17(13)14-6-8-18-10-16(14)15(12)9-11/h2*2-11H,1H3;3*2-10H,1H3/i5*1D. The molecule has 0 radical (unpaired) electrons. The SMILES string of the molecule is [2H]Cc1ccc2c(c1)c1cccnc1c1cnccc21.[2H]Cc1ccc2c(c1)c1cnccc1c1ncccc21.[2H]Cc1ccc2c3ccccc3c3ccncc3c2c1.[2H]Cc1ccc2c3ccccc3c3ncccc3c2c1.[2H]Cc1ccc2c3ccncc3c3cnccc3c2c1. The van der Waals surface area contributed by atoms with Gasteiger partial charge in [-0.15, -0.1) is 0 Å². The van der Waals surface area contributed by atoms with Gasteiger partial charge in [-0.2, -0.15) is 0 Å². The van der Waals surface area contributed by atoms with Gasteiger partial charge in [-0.25, -0.2) is 0 Å². The maximum absolute atomic E-state index is 7.57. The summed E-state index contributed by atoms with van der Waals surface area (Å²) in [5.41, 5.74) is 8.18. The number of hydrogen-bond acceptors (Lipinski definition) is 8. The minimum absolute atomic E-state index is 0.294. The van der Waals surface area contributed by atoms with Crippen LogP contribution in [0.5, 0.6) is 0 Å². The van der Waals surface area contributed by atoms with Crippen molar-refractivity contribution in [3.05, 3.63) is 315 Å². The molecule has 0 aliphatic rings. The highest BCUT2D eigenvalue weighted by atomic mass is 14.7. The molecule has 450 valence electrons. The zero-order valence-electron chi connectivity index (χ0n) is 56.7. The smallest absolute Gasteiger partial charge is 0.0802 e. The fourth-order valence-corrected chi connectivity index (χ4v) is 13.8. The first-order valence-corrected chi connectivity index (χ1v) is 31.3. The monoisotopic (exact) mass is 1220 g/mol. The van der Waals surface area contributed by atoms with Crippen molar-refractivity contribution in [2.45, 2.75) is 34.5 Å². The number of benzene rings is 12. The van der Waals surface area contributed by atoms with E-state index in [1.165, 1.54) is 80.8 Å². The molecule has 0 saturated heterocycles. The van der Waals surface area contributed by atoms with E-state index >= 15 is 0 Å². The molecule has 0 bridgehead atoms. The van der Waals surface area contributed by atoms with Gasteiger partial charge in [0.05, 0.1) is 16.6 Å². The zero-order chi connectivity index (χ0) is 67.6. The summed E-state index contributed by atoms with van der Waals surface area (Å²) in [6, 6.07) is 70.6. The molecule has 0 atom stereocenters. The first-order valence-electron chi connectivity index (χ1n) is 34.8. The zero-order valence-corrected chi connectivity index (χ0v) is 51.7. The van der Waals surface area contributed by atoms with Crippen LogP contribution in [0.15, 0.2) is 287 Å². The van der Waals surface area contributed by atoms with Crippen molar-refractivity contribution in [3.8, 4) is 0 Å². The summed E-state index contributed by atoms with van der Waals surface area (Å²) in [5, 5.41) is 31.8. The van der Waals surface area contributed by atoms with Crippen molar-refractivity contribution in [2.24, 2.45) is 0 Å². The number of pyridine rings is 8. The first kappa shape index (κ1) is 52.4. The van der Waals surface area contributed by atoms with Crippen LogP contribution < -0.4 is 0 Å². The average Bonchev–Trinajstić information content (AvgIpc) is 0.782. The first-order chi connectivity index (χ1) is 49.4. The Kier molecular flexibility index (Phi) is 13.5. The minimum Gasteiger partial charge on any atom is -0.264 e. The van der Waals surface area contributed by atoms with Crippen LogP contribution in [0.25, 0.3) is 162 Å². The number of rotatable bonds is 0. The summed E-state index contributed by atoms with van der Waals surface area (Å²) in [6.45, 7) is 1.51. The molecule has 0 saturated carbocycles. The lowest BCUT2D eigenvalue weighted by atomic mass is 9.94. The van der Waals surface area contributed by atoms with E-state index in [2.05, 4.69) is 173 Å². The predicted octanol–water partition coefficient (Wildman–Crippen LogP) is 22.4. The minimum atomic E-state index is 0.294. The largest absolute Gasteiger partial charge is 0.264 e. The fraction of sp³-hybridized carbons (Fsp3) is 0.0575. The number of nitrogens with zero attached hydrogens (tertiary/aromatic N) is 8. The van der Waals surface area contributed by atoms with Crippen LogP contribution in [0.3, 0.4) is 0 Å². The average molecular weight is 1220 g/mol. The molecule has 0 unspecified atom stereocenters. The molecule has 20 aromatic rings. The van der Waals surface area contributed by atoms with E-state index in [9.17, 15) is 0 Å². The third-order valence-corrected chi connectivity index (χ3v) is 18.0. The van der Waals surface area contributed by atoms with Crippen LogP contribution in [0.2, 0.25) is 0 Å². The molecular weight excluding hydrogens is 1160 g/mol. The molecule has 8 heterocycles.